The lowest BCUT2D eigenvalue weighted by Gasteiger charge is -2.14. The van der Waals surface area contributed by atoms with Crippen LogP contribution in [0.2, 0.25) is 0 Å². The highest BCUT2D eigenvalue weighted by Crippen LogP contribution is 2.36. The molecule has 1 unspecified atom stereocenters. The van der Waals surface area contributed by atoms with Gasteiger partial charge in [0.2, 0.25) is 0 Å². The summed E-state index contributed by atoms with van der Waals surface area (Å²) in [5.74, 6) is -0.555. The van der Waals surface area contributed by atoms with Crippen molar-refractivity contribution in [1.29, 1.82) is 0 Å². The summed E-state index contributed by atoms with van der Waals surface area (Å²) >= 11 is 0. The first-order valence-corrected chi connectivity index (χ1v) is 12.5. The van der Waals surface area contributed by atoms with E-state index in [9.17, 15) is 9.36 Å². The topological polar surface area (TPSA) is 93.1 Å². The van der Waals surface area contributed by atoms with Crippen LogP contribution in [0.25, 0.3) is 0 Å². The van der Waals surface area contributed by atoms with Crippen LogP contribution in [-0.2, 0) is 18.9 Å². The Bertz CT molecular complexity index is 446. The summed E-state index contributed by atoms with van der Waals surface area (Å²) in [7, 11) is -4.78. The normalized spacial score (nSPS) is 13.1. The van der Waals surface area contributed by atoms with Crippen molar-refractivity contribution in [2.24, 2.45) is 5.92 Å². The van der Waals surface area contributed by atoms with E-state index >= 15 is 0 Å². The lowest BCUT2D eigenvalue weighted by Crippen LogP contribution is -2.12. The quantitative estimate of drug-likeness (QED) is 0.0802. The number of phosphoric acid groups is 1. The molecule has 6 nitrogen and oxygen atoms in total. The van der Waals surface area contributed by atoms with E-state index in [1.165, 1.54) is 44.9 Å². The van der Waals surface area contributed by atoms with Crippen LogP contribution in [-0.4, -0.2) is 15.8 Å². The van der Waals surface area contributed by atoms with Crippen LogP contribution in [0.1, 0.15) is 110 Å². The lowest BCUT2D eigenvalue weighted by atomic mass is 9.93. The zero-order chi connectivity index (χ0) is 21.1. The molecular formula is C21H41O6P. The maximum absolute atomic E-state index is 11.6. The maximum Gasteiger partial charge on any atom is 0.505 e. The Morgan fingerprint density at radius 3 is 2.00 bits per heavy atom. The molecular weight excluding hydrogens is 379 g/mol. The molecule has 166 valence electrons. The van der Waals surface area contributed by atoms with Gasteiger partial charge in [-0.25, -0.2) is 9.36 Å². The van der Waals surface area contributed by atoms with E-state index in [2.05, 4.69) is 35.6 Å². The van der Waals surface area contributed by atoms with E-state index in [4.69, 9.17) is 9.79 Å². The molecule has 2 N–H and O–H groups in total. The summed E-state index contributed by atoms with van der Waals surface area (Å²) in [6.45, 7) is 4.30. The monoisotopic (exact) mass is 420 g/mol. The third kappa shape index (κ3) is 20.1. The number of hydrogen-bond donors (Lipinski definition) is 2. The Labute approximate surface area is 171 Å². The number of unbranched alkanes of at least 4 members (excludes halogenated alkanes) is 9. The van der Waals surface area contributed by atoms with Gasteiger partial charge in [-0.05, 0) is 38.0 Å². The summed E-state index contributed by atoms with van der Waals surface area (Å²) in [5, 5.41) is 0. The van der Waals surface area contributed by atoms with Crippen molar-refractivity contribution >= 4 is 13.8 Å². The molecule has 0 fully saturated rings. The highest BCUT2D eigenvalue weighted by atomic mass is 31.2. The highest BCUT2D eigenvalue weighted by Gasteiger charge is 2.21. The number of hydrogen-bond acceptors (Lipinski definition) is 4. The van der Waals surface area contributed by atoms with Crippen LogP contribution >= 0.6 is 7.82 Å². The van der Waals surface area contributed by atoms with Gasteiger partial charge in [0.1, 0.15) is 0 Å². The average molecular weight is 421 g/mol. The van der Waals surface area contributed by atoms with Gasteiger partial charge in [0, 0.05) is 0 Å². The SMILES string of the molecule is CCCCCCCCC=CCCCCCC(CCC)CC(=O)OOP(=O)(O)O. The van der Waals surface area contributed by atoms with Crippen molar-refractivity contribution in [3.8, 4) is 0 Å². The van der Waals surface area contributed by atoms with Gasteiger partial charge in [0.25, 0.3) is 0 Å². The van der Waals surface area contributed by atoms with Gasteiger partial charge in [0.15, 0.2) is 0 Å². The maximum atomic E-state index is 11.6. The Morgan fingerprint density at radius 1 is 0.857 bits per heavy atom. The molecule has 0 aromatic carbocycles. The summed E-state index contributed by atoms with van der Waals surface area (Å²) in [6, 6.07) is 0. The van der Waals surface area contributed by atoms with Crippen LogP contribution in [0.3, 0.4) is 0 Å². The first-order chi connectivity index (χ1) is 13.4. The van der Waals surface area contributed by atoms with Crippen LogP contribution in [0.4, 0.5) is 0 Å². The summed E-state index contributed by atoms with van der Waals surface area (Å²) in [6.07, 6.45) is 21.1. The Hall–Kier alpha value is -0.680. The van der Waals surface area contributed by atoms with Gasteiger partial charge in [-0.1, -0.05) is 88.5 Å². The number of allylic oxidation sites excluding steroid dienone is 2. The zero-order valence-corrected chi connectivity index (χ0v) is 18.7. The highest BCUT2D eigenvalue weighted by molar-refractivity contribution is 7.46. The Balaban J connectivity index is 3.71. The molecule has 0 aliphatic rings. The molecule has 28 heavy (non-hydrogen) atoms. The Kier molecular flexibility index (Phi) is 17.9. The van der Waals surface area contributed by atoms with E-state index in [1.807, 2.05) is 0 Å². The molecule has 0 heterocycles. The van der Waals surface area contributed by atoms with Crippen molar-refractivity contribution in [1.82, 2.24) is 0 Å². The van der Waals surface area contributed by atoms with Crippen molar-refractivity contribution in [2.75, 3.05) is 0 Å². The molecule has 0 aromatic heterocycles. The van der Waals surface area contributed by atoms with Crippen molar-refractivity contribution < 1.29 is 28.7 Å². The van der Waals surface area contributed by atoms with Crippen molar-refractivity contribution in [3.05, 3.63) is 12.2 Å². The third-order valence-electron chi connectivity index (χ3n) is 4.75. The van der Waals surface area contributed by atoms with Crippen molar-refractivity contribution in [3.63, 3.8) is 0 Å². The number of carbonyl (C=O) groups is 1. The van der Waals surface area contributed by atoms with Gasteiger partial charge in [-0.3, -0.25) is 4.89 Å². The second kappa shape index (κ2) is 18.4. The third-order valence-corrected chi connectivity index (χ3v) is 5.02. The Morgan fingerprint density at radius 2 is 1.43 bits per heavy atom. The predicted octanol–water partition coefficient (Wildman–Crippen LogP) is 6.62. The van der Waals surface area contributed by atoms with Crippen LogP contribution < -0.4 is 0 Å². The first kappa shape index (κ1) is 27.3. The van der Waals surface area contributed by atoms with Gasteiger partial charge >= 0.3 is 13.8 Å². The summed E-state index contributed by atoms with van der Waals surface area (Å²) < 4.78 is 14.3. The fraction of sp³-hybridized carbons (Fsp3) is 0.857. The number of rotatable bonds is 19. The zero-order valence-electron chi connectivity index (χ0n) is 17.8. The first-order valence-electron chi connectivity index (χ1n) is 11.0. The smallest absolute Gasteiger partial charge is 0.301 e. The molecule has 0 aromatic rings. The van der Waals surface area contributed by atoms with Crippen LogP contribution in [0.5, 0.6) is 0 Å². The number of carbonyl (C=O) groups excluding carboxylic acids is 1. The van der Waals surface area contributed by atoms with Crippen LogP contribution in [0, 0.1) is 5.92 Å². The van der Waals surface area contributed by atoms with Crippen LogP contribution in [0.15, 0.2) is 12.2 Å². The molecule has 0 saturated heterocycles. The van der Waals surface area contributed by atoms with E-state index in [-0.39, 0.29) is 12.3 Å². The largest absolute Gasteiger partial charge is 0.505 e. The second-order valence-corrected chi connectivity index (χ2v) is 8.68. The molecule has 0 saturated carbocycles. The molecule has 0 amide bonds. The van der Waals surface area contributed by atoms with E-state index < -0.39 is 13.8 Å². The molecule has 0 radical (unpaired) electrons. The fourth-order valence-corrected chi connectivity index (χ4v) is 3.45. The molecule has 7 heteroatoms. The molecule has 0 aliphatic carbocycles. The summed E-state index contributed by atoms with van der Waals surface area (Å²) in [5.41, 5.74) is 0. The molecule has 0 bridgehead atoms. The van der Waals surface area contributed by atoms with E-state index in [1.54, 1.807) is 0 Å². The molecule has 0 aliphatic heterocycles. The van der Waals surface area contributed by atoms with Gasteiger partial charge in [0.05, 0.1) is 6.42 Å². The summed E-state index contributed by atoms with van der Waals surface area (Å²) in [4.78, 5) is 32.9. The minimum absolute atomic E-state index is 0.131. The van der Waals surface area contributed by atoms with Crippen molar-refractivity contribution in [2.45, 2.75) is 110 Å². The fourth-order valence-electron chi connectivity index (χ4n) is 3.27. The minimum atomic E-state index is -4.78. The standard InChI is InChI=1S/C21H41O6P/c1-3-5-6-7-8-9-10-11-12-13-14-15-16-18-20(17-4-2)19-21(22)26-27-28(23,24)25/h11-12,20H,3-10,13-19H2,1-2H3,(H2,23,24,25). The molecule has 0 rings (SSSR count). The van der Waals surface area contributed by atoms with Gasteiger partial charge < -0.3 is 9.79 Å². The van der Waals surface area contributed by atoms with E-state index in [0.29, 0.717) is 0 Å². The van der Waals surface area contributed by atoms with Gasteiger partial charge in [-0.15, -0.1) is 0 Å². The molecule has 0 spiro atoms. The van der Waals surface area contributed by atoms with Gasteiger partial charge in [-0.2, -0.15) is 0 Å². The second-order valence-electron chi connectivity index (χ2n) is 7.55. The minimum Gasteiger partial charge on any atom is -0.301 e. The predicted molar refractivity (Wildman–Crippen MR) is 112 cm³/mol. The molecule has 1 atom stereocenters. The van der Waals surface area contributed by atoms with E-state index in [0.717, 1.165) is 44.9 Å². The lowest BCUT2D eigenvalue weighted by molar-refractivity contribution is -0.223. The average Bonchev–Trinajstić information content (AvgIpc) is 2.63.